The SMILES string of the molecule is O=C(O)c1cn(Cc2ccccc2-c2ccccc2Oc2ccccc2)cc(O)c1=O. The Morgan fingerprint density at radius 2 is 1.48 bits per heavy atom. The maximum atomic E-state index is 11.9. The Morgan fingerprint density at radius 1 is 0.839 bits per heavy atom. The van der Waals surface area contributed by atoms with E-state index in [1.807, 2.05) is 78.9 Å². The molecule has 0 aliphatic carbocycles. The number of aromatic carboxylic acids is 1. The summed E-state index contributed by atoms with van der Waals surface area (Å²) in [5.41, 5.74) is 1.24. The van der Waals surface area contributed by atoms with Crippen LogP contribution in [0.1, 0.15) is 15.9 Å². The summed E-state index contributed by atoms with van der Waals surface area (Å²) in [6, 6.07) is 24.7. The fourth-order valence-corrected chi connectivity index (χ4v) is 3.37. The van der Waals surface area contributed by atoms with Gasteiger partial charge in [0.25, 0.3) is 0 Å². The number of benzene rings is 3. The zero-order valence-corrected chi connectivity index (χ0v) is 16.4. The second kappa shape index (κ2) is 8.59. The summed E-state index contributed by atoms with van der Waals surface area (Å²) in [5.74, 6) is -0.603. The van der Waals surface area contributed by atoms with Crippen LogP contribution in [0.4, 0.5) is 0 Å². The predicted molar refractivity (Wildman–Crippen MR) is 117 cm³/mol. The number of hydrogen-bond acceptors (Lipinski definition) is 4. The van der Waals surface area contributed by atoms with Gasteiger partial charge in [0.05, 0.1) is 6.20 Å². The van der Waals surface area contributed by atoms with Crippen molar-refractivity contribution >= 4 is 5.97 Å². The van der Waals surface area contributed by atoms with Crippen molar-refractivity contribution < 1.29 is 19.7 Å². The predicted octanol–water partition coefficient (Wildman–Crippen LogP) is 4.76. The van der Waals surface area contributed by atoms with Gasteiger partial charge in [-0.1, -0.05) is 60.7 Å². The zero-order valence-electron chi connectivity index (χ0n) is 16.4. The van der Waals surface area contributed by atoms with Gasteiger partial charge < -0.3 is 19.5 Å². The van der Waals surface area contributed by atoms with Crippen molar-refractivity contribution in [3.8, 4) is 28.4 Å². The molecule has 154 valence electrons. The smallest absolute Gasteiger partial charge is 0.341 e. The Kier molecular flexibility index (Phi) is 5.53. The van der Waals surface area contributed by atoms with E-state index in [-0.39, 0.29) is 6.54 Å². The highest BCUT2D eigenvalue weighted by atomic mass is 16.5. The molecule has 0 saturated carbocycles. The van der Waals surface area contributed by atoms with Gasteiger partial charge in [0.15, 0.2) is 5.75 Å². The molecule has 2 N–H and O–H groups in total. The van der Waals surface area contributed by atoms with Crippen LogP contribution in [0.2, 0.25) is 0 Å². The monoisotopic (exact) mass is 413 g/mol. The second-order valence-corrected chi connectivity index (χ2v) is 6.93. The first-order valence-corrected chi connectivity index (χ1v) is 9.59. The molecule has 0 spiro atoms. The number of hydrogen-bond donors (Lipinski definition) is 2. The van der Waals surface area contributed by atoms with Crippen molar-refractivity contribution in [2.75, 3.05) is 0 Å². The number of carboxylic acid groups (broad SMARTS) is 1. The van der Waals surface area contributed by atoms with Crippen LogP contribution in [-0.4, -0.2) is 20.7 Å². The Labute approximate surface area is 178 Å². The molecular formula is C25H19NO5. The fourth-order valence-electron chi connectivity index (χ4n) is 3.37. The van der Waals surface area contributed by atoms with Gasteiger partial charge in [-0.25, -0.2) is 4.79 Å². The molecule has 1 aromatic heterocycles. The van der Waals surface area contributed by atoms with Gasteiger partial charge in [0.2, 0.25) is 5.43 Å². The molecule has 4 aromatic rings. The van der Waals surface area contributed by atoms with E-state index in [0.717, 1.165) is 16.7 Å². The molecule has 31 heavy (non-hydrogen) atoms. The number of rotatable bonds is 6. The maximum Gasteiger partial charge on any atom is 0.341 e. The number of aromatic nitrogens is 1. The molecule has 0 aliphatic heterocycles. The third-order valence-electron chi connectivity index (χ3n) is 4.81. The van der Waals surface area contributed by atoms with Crippen molar-refractivity contribution in [2.45, 2.75) is 6.54 Å². The molecule has 1 heterocycles. The first-order valence-electron chi connectivity index (χ1n) is 9.59. The van der Waals surface area contributed by atoms with Crippen molar-refractivity contribution in [1.82, 2.24) is 4.57 Å². The van der Waals surface area contributed by atoms with Crippen molar-refractivity contribution in [3.05, 3.63) is 113 Å². The highest BCUT2D eigenvalue weighted by Crippen LogP contribution is 2.35. The molecule has 0 atom stereocenters. The molecule has 0 saturated heterocycles. The Bertz CT molecular complexity index is 1290. The minimum Gasteiger partial charge on any atom is -0.503 e. The number of carboxylic acids is 1. The molecule has 0 amide bonds. The maximum absolute atomic E-state index is 11.9. The van der Waals surface area contributed by atoms with Crippen LogP contribution >= 0.6 is 0 Å². The van der Waals surface area contributed by atoms with E-state index in [1.165, 1.54) is 17.0 Å². The van der Waals surface area contributed by atoms with Crippen LogP contribution in [0.15, 0.2) is 96.1 Å². The molecule has 6 nitrogen and oxygen atoms in total. The fraction of sp³-hybridized carbons (Fsp3) is 0.0400. The topological polar surface area (TPSA) is 88.8 Å². The second-order valence-electron chi connectivity index (χ2n) is 6.93. The molecule has 0 fully saturated rings. The summed E-state index contributed by atoms with van der Waals surface area (Å²) in [6.07, 6.45) is 2.46. The summed E-state index contributed by atoms with van der Waals surface area (Å²) in [4.78, 5) is 23.2. The van der Waals surface area contributed by atoms with Gasteiger partial charge in [-0.2, -0.15) is 0 Å². The van der Waals surface area contributed by atoms with E-state index in [4.69, 9.17) is 4.74 Å². The van der Waals surface area contributed by atoms with E-state index >= 15 is 0 Å². The standard InChI is InChI=1S/C25H19NO5/c27-22-16-26(15-21(24(22)28)25(29)30)14-17-8-4-5-11-19(17)20-12-6-7-13-23(20)31-18-9-2-1-3-10-18/h1-13,15-16,27H,14H2,(H,29,30). The van der Waals surface area contributed by atoms with Gasteiger partial charge in [0, 0.05) is 18.3 Å². The van der Waals surface area contributed by atoms with Gasteiger partial charge in [0.1, 0.15) is 17.1 Å². The Balaban J connectivity index is 1.75. The number of para-hydroxylation sites is 2. The summed E-state index contributed by atoms with van der Waals surface area (Å²) in [7, 11) is 0. The highest BCUT2D eigenvalue weighted by Gasteiger charge is 2.15. The summed E-state index contributed by atoms with van der Waals surface area (Å²) in [6.45, 7) is 0.254. The number of ether oxygens (including phenoxy) is 1. The van der Waals surface area contributed by atoms with Crippen LogP contribution < -0.4 is 10.2 Å². The van der Waals surface area contributed by atoms with Gasteiger partial charge >= 0.3 is 5.97 Å². The van der Waals surface area contributed by atoms with Crippen LogP contribution in [0.25, 0.3) is 11.1 Å². The van der Waals surface area contributed by atoms with Crippen molar-refractivity contribution in [3.63, 3.8) is 0 Å². The minimum atomic E-state index is -1.38. The van der Waals surface area contributed by atoms with E-state index < -0.39 is 22.7 Å². The van der Waals surface area contributed by atoms with Crippen LogP contribution in [0.5, 0.6) is 17.2 Å². The van der Waals surface area contributed by atoms with Crippen LogP contribution in [0, 0.1) is 0 Å². The quantitative estimate of drug-likeness (QED) is 0.476. The minimum absolute atomic E-state index is 0.254. The zero-order chi connectivity index (χ0) is 21.8. The first kappa shape index (κ1) is 20.0. The summed E-state index contributed by atoms with van der Waals surface area (Å²) < 4.78 is 7.57. The van der Waals surface area contributed by atoms with E-state index in [1.54, 1.807) is 0 Å². The summed E-state index contributed by atoms with van der Waals surface area (Å²) >= 11 is 0. The lowest BCUT2D eigenvalue weighted by Crippen LogP contribution is -2.17. The third-order valence-corrected chi connectivity index (χ3v) is 4.81. The van der Waals surface area contributed by atoms with Gasteiger partial charge in [-0.3, -0.25) is 4.79 Å². The average Bonchev–Trinajstić information content (AvgIpc) is 2.77. The Morgan fingerprint density at radius 3 is 2.23 bits per heavy atom. The average molecular weight is 413 g/mol. The number of carbonyl (C=O) groups is 1. The van der Waals surface area contributed by atoms with Gasteiger partial charge in [-0.15, -0.1) is 0 Å². The van der Waals surface area contributed by atoms with Crippen molar-refractivity contribution in [1.29, 1.82) is 0 Å². The van der Waals surface area contributed by atoms with Crippen LogP contribution in [0.3, 0.4) is 0 Å². The molecule has 4 rings (SSSR count). The molecule has 6 heteroatoms. The van der Waals surface area contributed by atoms with E-state index in [2.05, 4.69) is 0 Å². The lowest BCUT2D eigenvalue weighted by molar-refractivity contribution is 0.0694. The summed E-state index contributed by atoms with van der Waals surface area (Å²) in [5, 5.41) is 19.1. The van der Waals surface area contributed by atoms with E-state index in [0.29, 0.717) is 11.5 Å². The Hall–Kier alpha value is -4.32. The van der Waals surface area contributed by atoms with Crippen molar-refractivity contribution in [2.24, 2.45) is 0 Å². The number of aromatic hydroxyl groups is 1. The molecule has 0 bridgehead atoms. The number of nitrogens with zero attached hydrogens (tertiary/aromatic N) is 1. The lowest BCUT2D eigenvalue weighted by atomic mass is 9.98. The normalized spacial score (nSPS) is 10.6. The molecular weight excluding hydrogens is 394 g/mol. The molecule has 0 unspecified atom stereocenters. The van der Waals surface area contributed by atoms with Gasteiger partial charge in [-0.05, 0) is 29.3 Å². The lowest BCUT2D eigenvalue weighted by Gasteiger charge is -2.16. The first-order chi connectivity index (χ1) is 15.0. The molecule has 3 aromatic carbocycles. The molecule has 0 radical (unpaired) electrons. The highest BCUT2D eigenvalue weighted by molar-refractivity contribution is 5.87. The molecule has 0 aliphatic rings. The third kappa shape index (κ3) is 4.33. The van der Waals surface area contributed by atoms with Crippen LogP contribution in [-0.2, 0) is 6.54 Å². The largest absolute Gasteiger partial charge is 0.503 e. The number of pyridine rings is 1. The van der Waals surface area contributed by atoms with E-state index in [9.17, 15) is 19.8 Å².